The van der Waals surface area contributed by atoms with Gasteiger partial charge in [0, 0.05) is 24.8 Å². The number of anilines is 2. The van der Waals surface area contributed by atoms with Crippen LogP contribution in [-0.4, -0.2) is 38.1 Å². The van der Waals surface area contributed by atoms with Crippen molar-refractivity contribution < 1.29 is 18.0 Å². The number of carbonyl (C=O) groups is 2. The maximum atomic E-state index is 12.8. The number of sulfonamides is 1. The van der Waals surface area contributed by atoms with E-state index in [0.717, 1.165) is 21.0 Å². The van der Waals surface area contributed by atoms with E-state index >= 15 is 0 Å². The lowest BCUT2D eigenvalue weighted by Gasteiger charge is -2.20. The molecule has 2 aromatic carbocycles. The van der Waals surface area contributed by atoms with Crippen molar-refractivity contribution in [2.24, 2.45) is 0 Å². The second-order valence-electron chi connectivity index (χ2n) is 6.99. The largest absolute Gasteiger partial charge is 0.326 e. The summed E-state index contributed by atoms with van der Waals surface area (Å²) in [6, 6.07) is 10.3. The summed E-state index contributed by atoms with van der Waals surface area (Å²) in [6.45, 7) is 3.50. The molecule has 2 aromatic rings. The van der Waals surface area contributed by atoms with Gasteiger partial charge in [0.2, 0.25) is 21.8 Å². The van der Waals surface area contributed by atoms with Crippen molar-refractivity contribution in [1.29, 1.82) is 0 Å². The third kappa shape index (κ3) is 4.23. The number of nitrogens with zero attached hydrogens (tertiary/aromatic N) is 1. The molecular weight excluding hydrogens is 378 g/mol. The summed E-state index contributed by atoms with van der Waals surface area (Å²) in [6.07, 6.45) is 0.811. The SMILES string of the molecule is Cc1ccc(C)c(NC(=O)CN(C)S(=O)(=O)c2ccc3c(c2)CCC(=O)N3)c1. The summed E-state index contributed by atoms with van der Waals surface area (Å²) < 4.78 is 26.7. The minimum atomic E-state index is -3.83. The van der Waals surface area contributed by atoms with Crippen LogP contribution in [0.3, 0.4) is 0 Å². The normalized spacial score (nSPS) is 13.8. The van der Waals surface area contributed by atoms with Gasteiger partial charge in [-0.25, -0.2) is 8.42 Å². The quantitative estimate of drug-likeness (QED) is 0.804. The molecule has 0 spiro atoms. The molecule has 0 aliphatic carbocycles. The first-order valence-electron chi connectivity index (χ1n) is 8.93. The topological polar surface area (TPSA) is 95.6 Å². The first kappa shape index (κ1) is 20.0. The van der Waals surface area contributed by atoms with Crippen LogP contribution < -0.4 is 10.6 Å². The zero-order chi connectivity index (χ0) is 20.5. The fraction of sp³-hybridized carbons (Fsp3) is 0.300. The summed E-state index contributed by atoms with van der Waals surface area (Å²) in [5.41, 5.74) is 3.98. The Balaban J connectivity index is 1.74. The molecule has 0 aromatic heterocycles. The van der Waals surface area contributed by atoms with Gasteiger partial charge in [0.1, 0.15) is 0 Å². The molecule has 28 heavy (non-hydrogen) atoms. The third-order valence-corrected chi connectivity index (χ3v) is 6.51. The fourth-order valence-electron chi connectivity index (χ4n) is 3.05. The number of likely N-dealkylation sites (N-methyl/N-ethyl adjacent to an activating group) is 1. The van der Waals surface area contributed by atoms with Gasteiger partial charge in [-0.2, -0.15) is 4.31 Å². The average Bonchev–Trinajstić information content (AvgIpc) is 2.64. The summed E-state index contributed by atoms with van der Waals surface area (Å²) in [5, 5.41) is 5.49. The van der Waals surface area contributed by atoms with Crippen molar-refractivity contribution in [3.8, 4) is 0 Å². The summed E-state index contributed by atoms with van der Waals surface area (Å²) in [5.74, 6) is -0.492. The fourth-order valence-corrected chi connectivity index (χ4v) is 4.23. The zero-order valence-electron chi connectivity index (χ0n) is 16.1. The van der Waals surface area contributed by atoms with E-state index in [2.05, 4.69) is 10.6 Å². The summed E-state index contributed by atoms with van der Waals surface area (Å²) in [4.78, 5) is 23.9. The molecule has 1 aliphatic heterocycles. The van der Waals surface area contributed by atoms with Crippen molar-refractivity contribution >= 4 is 33.2 Å². The molecular formula is C20H23N3O4S. The molecule has 0 atom stereocenters. The minimum Gasteiger partial charge on any atom is -0.326 e. The number of fused-ring (bicyclic) bond motifs is 1. The van der Waals surface area contributed by atoms with Crippen LogP contribution in [0.1, 0.15) is 23.1 Å². The van der Waals surface area contributed by atoms with Crippen molar-refractivity contribution in [2.75, 3.05) is 24.2 Å². The number of benzene rings is 2. The zero-order valence-corrected chi connectivity index (χ0v) is 16.9. The van der Waals surface area contributed by atoms with E-state index in [-0.39, 0.29) is 17.3 Å². The smallest absolute Gasteiger partial charge is 0.243 e. The van der Waals surface area contributed by atoms with Crippen LogP contribution in [0.4, 0.5) is 11.4 Å². The monoisotopic (exact) mass is 401 g/mol. The van der Waals surface area contributed by atoms with Crippen LogP contribution >= 0.6 is 0 Å². The third-order valence-electron chi connectivity index (χ3n) is 4.71. The van der Waals surface area contributed by atoms with Gasteiger partial charge in [-0.1, -0.05) is 12.1 Å². The average molecular weight is 401 g/mol. The van der Waals surface area contributed by atoms with Gasteiger partial charge in [-0.3, -0.25) is 9.59 Å². The number of aryl methyl sites for hydroxylation is 3. The Kier molecular flexibility index (Phi) is 5.53. The molecule has 7 nitrogen and oxygen atoms in total. The van der Waals surface area contributed by atoms with Gasteiger partial charge in [0.15, 0.2) is 0 Å². The highest BCUT2D eigenvalue weighted by atomic mass is 32.2. The number of carbonyl (C=O) groups excluding carboxylic acids is 2. The molecule has 3 rings (SSSR count). The highest BCUT2D eigenvalue weighted by Crippen LogP contribution is 2.26. The Morgan fingerprint density at radius 1 is 1.14 bits per heavy atom. The Bertz CT molecular complexity index is 1050. The first-order chi connectivity index (χ1) is 13.2. The van der Waals surface area contributed by atoms with Crippen molar-refractivity contribution in [1.82, 2.24) is 4.31 Å². The molecule has 0 bridgehead atoms. The first-order valence-corrected chi connectivity index (χ1v) is 10.4. The van der Waals surface area contributed by atoms with Crippen molar-refractivity contribution in [2.45, 2.75) is 31.6 Å². The van der Waals surface area contributed by atoms with Crippen LogP contribution in [0.25, 0.3) is 0 Å². The van der Waals surface area contributed by atoms with E-state index in [1.165, 1.54) is 13.1 Å². The maximum absolute atomic E-state index is 12.8. The molecule has 0 radical (unpaired) electrons. The molecule has 0 saturated carbocycles. The minimum absolute atomic E-state index is 0.0802. The van der Waals surface area contributed by atoms with E-state index in [1.54, 1.807) is 12.1 Å². The number of amides is 2. The molecule has 1 heterocycles. The molecule has 0 saturated heterocycles. The Hall–Kier alpha value is -2.71. The second kappa shape index (κ2) is 7.73. The van der Waals surface area contributed by atoms with E-state index in [0.29, 0.717) is 24.2 Å². The number of hydrogen-bond donors (Lipinski definition) is 2. The lowest BCUT2D eigenvalue weighted by Crippen LogP contribution is -2.35. The lowest BCUT2D eigenvalue weighted by atomic mass is 10.0. The van der Waals surface area contributed by atoms with Crippen LogP contribution in [0.2, 0.25) is 0 Å². The maximum Gasteiger partial charge on any atom is 0.243 e. The summed E-state index contributed by atoms with van der Waals surface area (Å²) >= 11 is 0. The van der Waals surface area contributed by atoms with Gasteiger partial charge in [-0.15, -0.1) is 0 Å². The van der Waals surface area contributed by atoms with Gasteiger partial charge in [-0.05, 0) is 61.2 Å². The Morgan fingerprint density at radius 2 is 1.89 bits per heavy atom. The van der Waals surface area contributed by atoms with Gasteiger partial charge >= 0.3 is 0 Å². The van der Waals surface area contributed by atoms with E-state index < -0.39 is 15.9 Å². The second-order valence-corrected chi connectivity index (χ2v) is 9.04. The molecule has 2 N–H and O–H groups in total. The molecule has 1 aliphatic rings. The predicted molar refractivity (Wildman–Crippen MR) is 108 cm³/mol. The standard InChI is InChI=1S/C20H23N3O4S/c1-13-4-5-14(2)18(10-13)22-20(25)12-23(3)28(26,27)16-7-8-17-15(11-16)6-9-19(24)21-17/h4-5,7-8,10-11H,6,9,12H2,1-3H3,(H,21,24)(H,22,25). The Labute approximate surface area is 164 Å². The van der Waals surface area contributed by atoms with Crippen LogP contribution in [0.15, 0.2) is 41.3 Å². The van der Waals surface area contributed by atoms with Crippen LogP contribution in [0.5, 0.6) is 0 Å². The van der Waals surface area contributed by atoms with Gasteiger partial charge in [0.05, 0.1) is 11.4 Å². The highest BCUT2D eigenvalue weighted by Gasteiger charge is 2.25. The van der Waals surface area contributed by atoms with Gasteiger partial charge < -0.3 is 10.6 Å². The van der Waals surface area contributed by atoms with Gasteiger partial charge in [0.25, 0.3) is 0 Å². The van der Waals surface area contributed by atoms with Crippen molar-refractivity contribution in [3.63, 3.8) is 0 Å². The molecule has 0 fully saturated rings. The number of hydrogen-bond acceptors (Lipinski definition) is 4. The van der Waals surface area contributed by atoms with Crippen molar-refractivity contribution in [3.05, 3.63) is 53.1 Å². The molecule has 0 unspecified atom stereocenters. The lowest BCUT2D eigenvalue weighted by molar-refractivity contribution is -0.117. The molecule has 2 amide bonds. The highest BCUT2D eigenvalue weighted by molar-refractivity contribution is 7.89. The number of nitrogens with one attached hydrogen (secondary N) is 2. The van der Waals surface area contributed by atoms with Crippen LogP contribution in [0, 0.1) is 13.8 Å². The predicted octanol–water partition coefficient (Wildman–Crippen LogP) is 2.45. The van der Waals surface area contributed by atoms with E-state index in [9.17, 15) is 18.0 Å². The summed E-state index contributed by atoms with van der Waals surface area (Å²) in [7, 11) is -2.46. The van der Waals surface area contributed by atoms with E-state index in [1.807, 2.05) is 32.0 Å². The van der Waals surface area contributed by atoms with E-state index in [4.69, 9.17) is 0 Å². The Morgan fingerprint density at radius 3 is 2.64 bits per heavy atom. The molecule has 148 valence electrons. The van der Waals surface area contributed by atoms with Crippen LogP contribution in [-0.2, 0) is 26.0 Å². The number of rotatable bonds is 5. The molecule has 8 heteroatoms.